The first kappa shape index (κ1) is 8.84. The van der Waals surface area contributed by atoms with Crippen molar-refractivity contribution in [3.8, 4) is 0 Å². The molecule has 1 amide bonds. The monoisotopic (exact) mass is 166 g/mol. The summed E-state index contributed by atoms with van der Waals surface area (Å²) in [6.07, 6.45) is 3.65. The van der Waals surface area contributed by atoms with Gasteiger partial charge in [0.15, 0.2) is 0 Å². The summed E-state index contributed by atoms with van der Waals surface area (Å²) in [5.41, 5.74) is 8.00. The Hall–Kier alpha value is -1.25. The van der Waals surface area contributed by atoms with E-state index in [1.807, 2.05) is 13.1 Å². The minimum absolute atomic E-state index is 0.369. The van der Waals surface area contributed by atoms with Crippen molar-refractivity contribution in [1.29, 1.82) is 0 Å². The van der Waals surface area contributed by atoms with Crippen LogP contribution in [0.25, 0.3) is 0 Å². The van der Waals surface area contributed by atoms with Gasteiger partial charge in [-0.2, -0.15) is 0 Å². The number of nitrogens with one attached hydrogen (secondary N) is 1. The number of H-pyrrole nitrogens is 1. The fourth-order valence-electron chi connectivity index (χ4n) is 1.43. The lowest BCUT2D eigenvalue weighted by atomic mass is 10.1. The molecular formula is C9H14N2O. The minimum atomic E-state index is -0.369. The fourth-order valence-corrected chi connectivity index (χ4v) is 1.43. The Labute approximate surface area is 72.0 Å². The third-order valence-electron chi connectivity index (χ3n) is 2.06. The Kier molecular flexibility index (Phi) is 2.53. The molecule has 3 nitrogen and oxygen atoms in total. The van der Waals surface area contributed by atoms with Gasteiger partial charge in [0.1, 0.15) is 5.69 Å². The van der Waals surface area contributed by atoms with E-state index in [9.17, 15) is 4.79 Å². The molecule has 3 N–H and O–H groups in total. The molecule has 12 heavy (non-hydrogen) atoms. The summed E-state index contributed by atoms with van der Waals surface area (Å²) in [6.45, 7) is 4.09. The van der Waals surface area contributed by atoms with E-state index in [1.54, 1.807) is 0 Å². The van der Waals surface area contributed by atoms with E-state index in [1.165, 1.54) is 5.56 Å². The average Bonchev–Trinajstić information content (AvgIpc) is 2.46. The summed E-state index contributed by atoms with van der Waals surface area (Å²) in [6, 6.07) is 0. The Balaban J connectivity index is 3.13. The molecular weight excluding hydrogens is 152 g/mol. The topological polar surface area (TPSA) is 58.9 Å². The van der Waals surface area contributed by atoms with Crippen LogP contribution in [-0.4, -0.2) is 10.9 Å². The highest BCUT2D eigenvalue weighted by molar-refractivity contribution is 5.92. The number of aromatic amines is 1. The second-order valence-corrected chi connectivity index (χ2v) is 2.74. The van der Waals surface area contributed by atoms with Gasteiger partial charge in [-0.25, -0.2) is 0 Å². The molecule has 1 rings (SSSR count). The lowest BCUT2D eigenvalue weighted by molar-refractivity contribution is 0.0995. The Morgan fingerprint density at radius 3 is 2.58 bits per heavy atom. The normalized spacial score (nSPS) is 10.2. The van der Waals surface area contributed by atoms with Crippen molar-refractivity contribution >= 4 is 5.91 Å². The van der Waals surface area contributed by atoms with Gasteiger partial charge in [-0.05, 0) is 24.0 Å². The summed E-state index contributed by atoms with van der Waals surface area (Å²) in [5, 5.41) is 0. The predicted octanol–water partition coefficient (Wildman–Crippen LogP) is 1.24. The number of carbonyl (C=O) groups excluding carboxylic acids is 1. The van der Waals surface area contributed by atoms with Crippen LogP contribution >= 0.6 is 0 Å². The molecule has 0 saturated carbocycles. The molecule has 66 valence electrons. The predicted molar refractivity (Wildman–Crippen MR) is 48.1 cm³/mol. The number of hydrogen-bond donors (Lipinski definition) is 2. The van der Waals surface area contributed by atoms with Gasteiger partial charge in [-0.3, -0.25) is 4.79 Å². The molecule has 0 radical (unpaired) electrons. The maximum absolute atomic E-state index is 10.9. The maximum atomic E-state index is 10.9. The second kappa shape index (κ2) is 3.43. The molecule has 1 aromatic rings. The number of aromatic nitrogens is 1. The molecule has 0 aliphatic rings. The molecule has 0 fully saturated rings. The summed E-state index contributed by atoms with van der Waals surface area (Å²) in [4.78, 5) is 13.8. The van der Waals surface area contributed by atoms with Crippen molar-refractivity contribution in [2.75, 3.05) is 0 Å². The van der Waals surface area contributed by atoms with Gasteiger partial charge in [-0.15, -0.1) is 0 Å². The van der Waals surface area contributed by atoms with Crippen LogP contribution in [0.2, 0.25) is 0 Å². The van der Waals surface area contributed by atoms with Crippen LogP contribution in [0.4, 0.5) is 0 Å². The van der Waals surface area contributed by atoms with Gasteiger partial charge in [-0.1, -0.05) is 13.8 Å². The third-order valence-corrected chi connectivity index (χ3v) is 2.06. The average molecular weight is 166 g/mol. The van der Waals surface area contributed by atoms with E-state index < -0.39 is 0 Å². The first-order chi connectivity index (χ1) is 5.70. The molecule has 0 aliphatic heterocycles. The summed E-state index contributed by atoms with van der Waals surface area (Å²) in [7, 11) is 0. The number of amides is 1. The van der Waals surface area contributed by atoms with Gasteiger partial charge >= 0.3 is 0 Å². The van der Waals surface area contributed by atoms with Crippen molar-refractivity contribution < 1.29 is 4.79 Å². The van der Waals surface area contributed by atoms with Crippen LogP contribution < -0.4 is 5.73 Å². The van der Waals surface area contributed by atoms with E-state index in [0.29, 0.717) is 5.69 Å². The maximum Gasteiger partial charge on any atom is 0.265 e. The largest absolute Gasteiger partial charge is 0.364 e. The molecule has 0 bridgehead atoms. The van der Waals surface area contributed by atoms with Crippen LogP contribution in [0.3, 0.4) is 0 Å². The van der Waals surface area contributed by atoms with E-state index in [-0.39, 0.29) is 5.91 Å². The first-order valence-electron chi connectivity index (χ1n) is 4.19. The number of nitrogens with two attached hydrogens (primary N) is 1. The lowest BCUT2D eigenvalue weighted by Crippen LogP contribution is -2.13. The third kappa shape index (κ3) is 1.35. The molecule has 0 aromatic carbocycles. The van der Waals surface area contributed by atoms with Crippen LogP contribution in [0, 0.1) is 0 Å². The molecule has 0 atom stereocenters. The molecule has 0 aliphatic carbocycles. The zero-order chi connectivity index (χ0) is 9.14. The van der Waals surface area contributed by atoms with Crippen LogP contribution in [0.5, 0.6) is 0 Å². The second-order valence-electron chi connectivity index (χ2n) is 2.74. The summed E-state index contributed by atoms with van der Waals surface area (Å²) >= 11 is 0. The van der Waals surface area contributed by atoms with Gasteiger partial charge in [0.05, 0.1) is 0 Å². The van der Waals surface area contributed by atoms with Crippen molar-refractivity contribution in [1.82, 2.24) is 4.98 Å². The van der Waals surface area contributed by atoms with Gasteiger partial charge < -0.3 is 10.7 Å². The highest BCUT2D eigenvalue weighted by atomic mass is 16.1. The quantitative estimate of drug-likeness (QED) is 0.697. The fraction of sp³-hybridized carbons (Fsp3) is 0.444. The molecule has 0 unspecified atom stereocenters. The zero-order valence-electron chi connectivity index (χ0n) is 7.48. The molecule has 1 aromatic heterocycles. The molecule has 1 heterocycles. The molecule has 0 spiro atoms. The van der Waals surface area contributed by atoms with Crippen molar-refractivity contribution in [2.24, 2.45) is 5.73 Å². The Morgan fingerprint density at radius 2 is 2.17 bits per heavy atom. The Bertz CT molecular complexity index is 289. The van der Waals surface area contributed by atoms with Crippen LogP contribution in [-0.2, 0) is 12.8 Å². The summed E-state index contributed by atoms with van der Waals surface area (Å²) in [5.74, 6) is -0.369. The zero-order valence-corrected chi connectivity index (χ0v) is 7.48. The van der Waals surface area contributed by atoms with Crippen LogP contribution in [0.1, 0.15) is 35.5 Å². The number of carbonyl (C=O) groups is 1. The van der Waals surface area contributed by atoms with Crippen molar-refractivity contribution in [2.45, 2.75) is 26.7 Å². The Morgan fingerprint density at radius 1 is 1.50 bits per heavy atom. The number of primary amides is 1. The number of hydrogen-bond acceptors (Lipinski definition) is 1. The number of rotatable bonds is 3. The summed E-state index contributed by atoms with van der Waals surface area (Å²) < 4.78 is 0. The highest BCUT2D eigenvalue weighted by Gasteiger charge is 2.11. The van der Waals surface area contributed by atoms with E-state index in [2.05, 4.69) is 11.9 Å². The first-order valence-corrected chi connectivity index (χ1v) is 4.19. The highest BCUT2D eigenvalue weighted by Crippen LogP contribution is 2.14. The smallest absolute Gasteiger partial charge is 0.265 e. The standard InChI is InChI=1S/C9H14N2O/c1-3-6-5-11-8(9(10)12)7(6)4-2/h5,11H,3-4H2,1-2H3,(H2,10,12). The SMILES string of the molecule is CCc1c[nH]c(C(N)=O)c1CC. The van der Waals surface area contributed by atoms with E-state index >= 15 is 0 Å². The molecule has 3 heteroatoms. The minimum Gasteiger partial charge on any atom is -0.364 e. The van der Waals surface area contributed by atoms with Gasteiger partial charge in [0.2, 0.25) is 0 Å². The van der Waals surface area contributed by atoms with Gasteiger partial charge in [0.25, 0.3) is 5.91 Å². The van der Waals surface area contributed by atoms with E-state index in [4.69, 9.17) is 5.73 Å². The van der Waals surface area contributed by atoms with Crippen molar-refractivity contribution in [3.05, 3.63) is 23.0 Å². The lowest BCUT2D eigenvalue weighted by Gasteiger charge is -1.98. The van der Waals surface area contributed by atoms with Gasteiger partial charge in [0, 0.05) is 6.20 Å². The van der Waals surface area contributed by atoms with Crippen molar-refractivity contribution in [3.63, 3.8) is 0 Å². The molecule has 0 saturated heterocycles. The number of aryl methyl sites for hydroxylation is 1. The van der Waals surface area contributed by atoms with Crippen LogP contribution in [0.15, 0.2) is 6.20 Å². The van der Waals surface area contributed by atoms with E-state index in [0.717, 1.165) is 18.4 Å².